The van der Waals surface area contributed by atoms with Crippen molar-refractivity contribution in [3.8, 4) is 0 Å². The van der Waals surface area contributed by atoms with E-state index in [1.54, 1.807) is 36.2 Å². The summed E-state index contributed by atoms with van der Waals surface area (Å²) in [6, 6.07) is 6.62. The van der Waals surface area contributed by atoms with E-state index < -0.39 is 0 Å². The Morgan fingerprint density at radius 3 is 2.80 bits per heavy atom. The predicted molar refractivity (Wildman–Crippen MR) is 89.1 cm³/mol. The second-order valence-electron chi connectivity index (χ2n) is 6.58. The molecule has 1 aliphatic heterocycles. The SMILES string of the molecule is CNC(=O)c1cccc(C(=O)N2CCCC2c2noc(C3CC3)n2)c1. The maximum atomic E-state index is 13.0. The van der Waals surface area contributed by atoms with Crippen LogP contribution in [-0.4, -0.2) is 40.4 Å². The van der Waals surface area contributed by atoms with Crippen LogP contribution < -0.4 is 5.32 Å². The molecule has 25 heavy (non-hydrogen) atoms. The maximum Gasteiger partial charge on any atom is 0.254 e. The molecule has 1 unspecified atom stereocenters. The fourth-order valence-corrected chi connectivity index (χ4v) is 3.26. The van der Waals surface area contributed by atoms with E-state index in [0.717, 1.165) is 25.7 Å². The minimum Gasteiger partial charge on any atom is -0.355 e. The number of hydrogen-bond donors (Lipinski definition) is 1. The summed E-state index contributed by atoms with van der Waals surface area (Å²) in [6.45, 7) is 0.654. The smallest absolute Gasteiger partial charge is 0.254 e. The van der Waals surface area contributed by atoms with Crippen LogP contribution in [0.4, 0.5) is 0 Å². The zero-order valence-corrected chi connectivity index (χ0v) is 14.1. The van der Waals surface area contributed by atoms with Gasteiger partial charge in [0, 0.05) is 30.6 Å². The van der Waals surface area contributed by atoms with E-state index in [9.17, 15) is 9.59 Å². The van der Waals surface area contributed by atoms with Crippen molar-refractivity contribution in [2.24, 2.45) is 0 Å². The molecular weight excluding hydrogens is 320 g/mol. The lowest BCUT2D eigenvalue weighted by Gasteiger charge is -2.22. The van der Waals surface area contributed by atoms with E-state index in [4.69, 9.17) is 4.52 Å². The molecule has 130 valence electrons. The van der Waals surface area contributed by atoms with Gasteiger partial charge in [-0.25, -0.2) is 0 Å². The van der Waals surface area contributed by atoms with E-state index in [2.05, 4.69) is 15.5 Å². The Kier molecular flexibility index (Phi) is 3.99. The number of aromatic nitrogens is 2. The van der Waals surface area contributed by atoms with E-state index in [1.807, 2.05) is 0 Å². The Balaban J connectivity index is 1.56. The Morgan fingerprint density at radius 2 is 2.04 bits per heavy atom. The number of hydrogen-bond acceptors (Lipinski definition) is 5. The Labute approximate surface area is 145 Å². The van der Waals surface area contributed by atoms with Crippen LogP contribution in [0, 0.1) is 0 Å². The molecule has 7 heteroatoms. The number of nitrogens with one attached hydrogen (secondary N) is 1. The van der Waals surface area contributed by atoms with Gasteiger partial charge in [-0.15, -0.1) is 0 Å². The molecule has 4 rings (SSSR count). The average Bonchev–Trinajstić information content (AvgIpc) is 3.19. The molecule has 1 aromatic heterocycles. The highest BCUT2D eigenvalue weighted by molar-refractivity contribution is 5.99. The average molecular weight is 340 g/mol. The molecule has 2 amide bonds. The molecule has 2 fully saturated rings. The van der Waals surface area contributed by atoms with Crippen molar-refractivity contribution in [3.63, 3.8) is 0 Å². The Bertz CT molecular complexity index is 812. The van der Waals surface area contributed by atoms with Gasteiger partial charge in [-0.2, -0.15) is 4.98 Å². The van der Waals surface area contributed by atoms with Crippen molar-refractivity contribution in [2.45, 2.75) is 37.6 Å². The Morgan fingerprint density at radius 1 is 1.24 bits per heavy atom. The second-order valence-corrected chi connectivity index (χ2v) is 6.58. The third kappa shape index (κ3) is 3.01. The molecule has 0 bridgehead atoms. The minimum absolute atomic E-state index is 0.106. The summed E-state index contributed by atoms with van der Waals surface area (Å²) >= 11 is 0. The van der Waals surface area contributed by atoms with E-state index in [-0.39, 0.29) is 17.9 Å². The normalized spacial score (nSPS) is 19.9. The molecular formula is C18H20N4O3. The van der Waals surface area contributed by atoms with Crippen LogP contribution >= 0.6 is 0 Å². The van der Waals surface area contributed by atoms with Crippen LogP contribution in [0.3, 0.4) is 0 Å². The van der Waals surface area contributed by atoms with Crippen LogP contribution in [0.2, 0.25) is 0 Å². The molecule has 1 N–H and O–H groups in total. The highest BCUT2D eigenvalue weighted by atomic mass is 16.5. The molecule has 1 atom stereocenters. The van der Waals surface area contributed by atoms with Crippen molar-refractivity contribution in [1.29, 1.82) is 0 Å². The third-order valence-electron chi connectivity index (χ3n) is 4.79. The van der Waals surface area contributed by atoms with Crippen LogP contribution in [0.5, 0.6) is 0 Å². The standard InChI is InChI=1S/C18H20N4O3/c1-19-16(23)12-4-2-5-13(10-12)18(24)22-9-3-6-14(22)15-20-17(25-21-15)11-7-8-11/h2,4-5,10-11,14H,3,6-9H2,1H3,(H,19,23). The number of carbonyl (C=O) groups excluding carboxylic acids is 2. The molecule has 0 radical (unpaired) electrons. The molecule has 1 aliphatic carbocycles. The third-order valence-corrected chi connectivity index (χ3v) is 4.79. The van der Waals surface area contributed by atoms with Gasteiger partial charge in [0.25, 0.3) is 11.8 Å². The van der Waals surface area contributed by atoms with Gasteiger partial charge >= 0.3 is 0 Å². The largest absolute Gasteiger partial charge is 0.355 e. The molecule has 2 aliphatic rings. The fourth-order valence-electron chi connectivity index (χ4n) is 3.26. The van der Waals surface area contributed by atoms with Crippen molar-refractivity contribution >= 4 is 11.8 Å². The molecule has 0 spiro atoms. The summed E-state index contributed by atoms with van der Waals surface area (Å²) in [4.78, 5) is 31.0. The van der Waals surface area contributed by atoms with Crippen molar-refractivity contribution < 1.29 is 14.1 Å². The number of likely N-dealkylation sites (tertiary alicyclic amines) is 1. The lowest BCUT2D eigenvalue weighted by Crippen LogP contribution is -2.31. The van der Waals surface area contributed by atoms with Crippen molar-refractivity contribution in [3.05, 3.63) is 47.1 Å². The molecule has 7 nitrogen and oxygen atoms in total. The maximum absolute atomic E-state index is 13.0. The first-order chi connectivity index (χ1) is 12.2. The first kappa shape index (κ1) is 15.8. The van der Waals surface area contributed by atoms with Gasteiger partial charge in [0.2, 0.25) is 5.89 Å². The molecule has 1 aromatic carbocycles. The number of amides is 2. The summed E-state index contributed by atoms with van der Waals surface area (Å²) in [5.41, 5.74) is 0.971. The molecule has 1 saturated carbocycles. The fraction of sp³-hybridized carbons (Fsp3) is 0.444. The molecule has 1 saturated heterocycles. The van der Waals surface area contributed by atoms with Crippen molar-refractivity contribution in [1.82, 2.24) is 20.4 Å². The van der Waals surface area contributed by atoms with Gasteiger partial charge < -0.3 is 14.7 Å². The van der Waals surface area contributed by atoms with Gasteiger partial charge in [0.1, 0.15) is 0 Å². The van der Waals surface area contributed by atoms with Crippen molar-refractivity contribution in [2.75, 3.05) is 13.6 Å². The number of rotatable bonds is 4. The highest BCUT2D eigenvalue weighted by Gasteiger charge is 2.36. The summed E-state index contributed by atoms with van der Waals surface area (Å²) < 4.78 is 5.35. The Hall–Kier alpha value is -2.70. The van der Waals surface area contributed by atoms with Gasteiger partial charge in [-0.1, -0.05) is 11.2 Å². The van der Waals surface area contributed by atoms with Crippen LogP contribution in [0.25, 0.3) is 0 Å². The first-order valence-corrected chi connectivity index (χ1v) is 8.64. The van der Waals surface area contributed by atoms with Crippen LogP contribution in [0.1, 0.15) is 70.1 Å². The van der Waals surface area contributed by atoms with E-state index in [1.165, 1.54) is 0 Å². The number of carbonyl (C=O) groups is 2. The van der Waals surface area contributed by atoms with E-state index in [0.29, 0.717) is 35.3 Å². The quantitative estimate of drug-likeness (QED) is 0.922. The summed E-state index contributed by atoms with van der Waals surface area (Å²) in [5, 5.41) is 6.68. The molecule has 2 heterocycles. The number of nitrogens with zero attached hydrogens (tertiary/aromatic N) is 3. The van der Waals surface area contributed by atoms with E-state index >= 15 is 0 Å². The van der Waals surface area contributed by atoms with Gasteiger partial charge in [-0.3, -0.25) is 9.59 Å². The number of benzene rings is 1. The van der Waals surface area contributed by atoms with Crippen LogP contribution in [-0.2, 0) is 0 Å². The zero-order chi connectivity index (χ0) is 17.4. The lowest BCUT2D eigenvalue weighted by molar-refractivity contribution is 0.0728. The second kappa shape index (κ2) is 6.31. The first-order valence-electron chi connectivity index (χ1n) is 8.64. The van der Waals surface area contributed by atoms with Gasteiger partial charge in [0.05, 0.1) is 6.04 Å². The highest BCUT2D eigenvalue weighted by Crippen LogP contribution is 2.40. The van der Waals surface area contributed by atoms with Gasteiger partial charge in [-0.05, 0) is 43.9 Å². The summed E-state index contributed by atoms with van der Waals surface area (Å²) in [5.74, 6) is 1.37. The van der Waals surface area contributed by atoms with Crippen LogP contribution in [0.15, 0.2) is 28.8 Å². The lowest BCUT2D eigenvalue weighted by atomic mass is 10.1. The summed E-state index contributed by atoms with van der Waals surface area (Å²) in [7, 11) is 1.57. The molecule has 2 aromatic rings. The van der Waals surface area contributed by atoms with Gasteiger partial charge in [0.15, 0.2) is 5.82 Å². The predicted octanol–water partition coefficient (Wildman–Crippen LogP) is 2.28. The minimum atomic E-state index is -0.208. The zero-order valence-electron chi connectivity index (χ0n) is 14.1. The summed E-state index contributed by atoms with van der Waals surface area (Å²) in [6.07, 6.45) is 3.92. The topological polar surface area (TPSA) is 88.3 Å². The monoisotopic (exact) mass is 340 g/mol.